The van der Waals surface area contributed by atoms with Crippen LogP contribution in [0.2, 0.25) is 0 Å². The highest BCUT2D eigenvalue weighted by atomic mass is 15.1. The summed E-state index contributed by atoms with van der Waals surface area (Å²) in [6, 6.07) is 78.5. The largest absolute Gasteiger partial charge is 0.311 e. The summed E-state index contributed by atoms with van der Waals surface area (Å²) in [4.78, 5) is 28.1. The fraction of sp³-hybridized carbons (Fsp3) is 0. The Morgan fingerprint density at radius 3 is 0.918 bits per heavy atom. The van der Waals surface area contributed by atoms with Crippen LogP contribution in [-0.2, 0) is 0 Å². The van der Waals surface area contributed by atoms with Crippen LogP contribution >= 0.6 is 0 Å². The Bertz CT molecular complexity index is 2740. The molecule has 6 nitrogen and oxygen atoms in total. The molecule has 61 heavy (non-hydrogen) atoms. The zero-order valence-electron chi connectivity index (χ0n) is 33.1. The molecule has 10 aromatic rings. The number of hydrogen-bond acceptors (Lipinski definition) is 6. The molecule has 0 fully saturated rings. The maximum Gasteiger partial charge on any atom is 0.160 e. The van der Waals surface area contributed by atoms with Gasteiger partial charge in [0.1, 0.15) is 0 Å². The molecule has 0 aliphatic rings. The molecule has 6 heteroatoms. The lowest BCUT2D eigenvalue weighted by molar-refractivity contribution is 1.14. The van der Waals surface area contributed by atoms with Crippen molar-refractivity contribution in [2.24, 2.45) is 0 Å². The summed E-state index contributed by atoms with van der Waals surface area (Å²) in [6.45, 7) is 0. The van der Waals surface area contributed by atoms with Crippen LogP contribution in [0.1, 0.15) is 0 Å². The minimum Gasteiger partial charge on any atom is -0.311 e. The van der Waals surface area contributed by atoms with Crippen LogP contribution < -0.4 is 4.90 Å². The lowest BCUT2D eigenvalue weighted by Gasteiger charge is -2.25. The van der Waals surface area contributed by atoms with Gasteiger partial charge in [-0.2, -0.15) is 0 Å². The summed E-state index contributed by atoms with van der Waals surface area (Å²) in [6.07, 6.45) is 0. The van der Waals surface area contributed by atoms with E-state index in [0.29, 0.717) is 34.4 Å². The SMILES string of the molecule is c1ccc(-c2cc(-c3cc(-c4ccc(N(c5ccccc5)c5ccccc5)cc4)cc(-c4cc(-c5ccccc5)nc(-c5ccccc5)n4)n3)nc(-c3ccccc3)n2)cc1. The van der Waals surface area contributed by atoms with Crippen LogP contribution in [0.4, 0.5) is 17.1 Å². The van der Waals surface area contributed by atoms with Crippen LogP contribution in [0, 0.1) is 0 Å². The second-order valence-electron chi connectivity index (χ2n) is 14.6. The standard InChI is InChI=1S/C55H38N6/c1-7-19-40(20-8-1)48-37-52(59-54(57-48)42-23-11-3-12-24-42)50-35-44(39-31-33-47(34-32-39)61(45-27-15-5-16-28-45)46-29-17-6-18-30-46)36-51(56-50)53-38-49(41-21-9-2-10-22-41)58-55(60-53)43-25-13-4-14-26-43/h1-38H. The molecule has 0 atom stereocenters. The van der Waals surface area contributed by atoms with Gasteiger partial charge in [0.05, 0.1) is 34.2 Å². The van der Waals surface area contributed by atoms with Crippen LogP contribution in [-0.4, -0.2) is 24.9 Å². The molecular weight excluding hydrogens is 745 g/mol. The second-order valence-corrected chi connectivity index (χ2v) is 14.6. The second kappa shape index (κ2) is 16.9. The highest BCUT2D eigenvalue weighted by Crippen LogP contribution is 2.38. The number of rotatable bonds is 10. The summed E-state index contributed by atoms with van der Waals surface area (Å²) in [5.74, 6) is 1.24. The Morgan fingerprint density at radius 1 is 0.213 bits per heavy atom. The fourth-order valence-electron chi connectivity index (χ4n) is 7.47. The van der Waals surface area contributed by atoms with Gasteiger partial charge in [-0.1, -0.05) is 170 Å². The number of benzene rings is 7. The Labute approximate surface area is 355 Å². The van der Waals surface area contributed by atoms with E-state index in [9.17, 15) is 0 Å². The van der Waals surface area contributed by atoms with Gasteiger partial charge in [-0.15, -0.1) is 0 Å². The number of nitrogens with zero attached hydrogens (tertiary/aromatic N) is 6. The Hall–Kier alpha value is -8.35. The molecule has 0 unspecified atom stereocenters. The van der Waals surface area contributed by atoms with E-state index in [0.717, 1.165) is 61.8 Å². The Kier molecular flexibility index (Phi) is 10.2. The summed E-state index contributed by atoms with van der Waals surface area (Å²) in [5, 5.41) is 0. The first-order valence-corrected chi connectivity index (χ1v) is 20.3. The molecule has 10 rings (SSSR count). The van der Waals surface area contributed by atoms with Crippen molar-refractivity contribution in [3.05, 3.63) is 231 Å². The first-order valence-electron chi connectivity index (χ1n) is 20.3. The van der Waals surface area contributed by atoms with Gasteiger partial charge in [-0.3, -0.25) is 0 Å². The van der Waals surface area contributed by atoms with E-state index in [2.05, 4.69) is 114 Å². The van der Waals surface area contributed by atoms with E-state index in [4.69, 9.17) is 24.9 Å². The van der Waals surface area contributed by atoms with Crippen LogP contribution in [0.15, 0.2) is 231 Å². The van der Waals surface area contributed by atoms with Crippen molar-refractivity contribution in [1.29, 1.82) is 0 Å². The van der Waals surface area contributed by atoms with Crippen molar-refractivity contribution in [1.82, 2.24) is 24.9 Å². The van der Waals surface area contributed by atoms with Crippen molar-refractivity contribution in [3.8, 4) is 79.2 Å². The van der Waals surface area contributed by atoms with Gasteiger partial charge in [-0.05, 0) is 71.8 Å². The zero-order chi connectivity index (χ0) is 40.8. The van der Waals surface area contributed by atoms with Crippen LogP contribution in [0.3, 0.4) is 0 Å². The third-order valence-corrected chi connectivity index (χ3v) is 10.5. The molecule has 3 aromatic heterocycles. The van der Waals surface area contributed by atoms with Gasteiger partial charge in [0.25, 0.3) is 0 Å². The van der Waals surface area contributed by atoms with E-state index >= 15 is 0 Å². The predicted octanol–water partition coefficient (Wildman–Crippen LogP) is 13.8. The third-order valence-electron chi connectivity index (χ3n) is 10.5. The monoisotopic (exact) mass is 782 g/mol. The van der Waals surface area contributed by atoms with Gasteiger partial charge < -0.3 is 4.90 Å². The molecular formula is C55H38N6. The molecule has 3 heterocycles. The maximum absolute atomic E-state index is 5.37. The van der Waals surface area contributed by atoms with E-state index in [1.807, 2.05) is 121 Å². The normalized spacial score (nSPS) is 11.0. The lowest BCUT2D eigenvalue weighted by Crippen LogP contribution is -2.09. The van der Waals surface area contributed by atoms with Gasteiger partial charge in [0, 0.05) is 39.3 Å². The average molecular weight is 783 g/mol. The number of hydrogen-bond donors (Lipinski definition) is 0. The van der Waals surface area contributed by atoms with Crippen molar-refractivity contribution in [3.63, 3.8) is 0 Å². The van der Waals surface area contributed by atoms with Crippen molar-refractivity contribution >= 4 is 17.1 Å². The van der Waals surface area contributed by atoms with Gasteiger partial charge >= 0.3 is 0 Å². The van der Waals surface area contributed by atoms with E-state index in [1.54, 1.807) is 0 Å². The molecule has 288 valence electrons. The minimum atomic E-state index is 0.622. The smallest absolute Gasteiger partial charge is 0.160 e. The lowest BCUT2D eigenvalue weighted by atomic mass is 10.0. The van der Waals surface area contributed by atoms with Crippen molar-refractivity contribution in [2.75, 3.05) is 4.90 Å². The zero-order valence-corrected chi connectivity index (χ0v) is 33.1. The van der Waals surface area contributed by atoms with Crippen molar-refractivity contribution in [2.45, 2.75) is 0 Å². The fourth-order valence-corrected chi connectivity index (χ4v) is 7.47. The van der Waals surface area contributed by atoms with Gasteiger partial charge in [0.15, 0.2) is 11.6 Å². The summed E-state index contributed by atoms with van der Waals surface area (Å²) >= 11 is 0. The first kappa shape index (κ1) is 37.0. The molecule has 0 N–H and O–H groups in total. The molecule has 0 radical (unpaired) electrons. The average Bonchev–Trinajstić information content (AvgIpc) is 3.35. The number of para-hydroxylation sites is 2. The highest BCUT2D eigenvalue weighted by molar-refractivity contribution is 5.82. The molecule has 0 bridgehead atoms. The summed E-state index contributed by atoms with van der Waals surface area (Å²) in [5.41, 5.74) is 13.4. The van der Waals surface area contributed by atoms with Crippen LogP contribution in [0.25, 0.3) is 79.2 Å². The summed E-state index contributed by atoms with van der Waals surface area (Å²) in [7, 11) is 0. The third kappa shape index (κ3) is 8.06. The van der Waals surface area contributed by atoms with Gasteiger partial charge in [0.2, 0.25) is 0 Å². The van der Waals surface area contributed by atoms with Crippen LogP contribution in [0.5, 0.6) is 0 Å². The van der Waals surface area contributed by atoms with Gasteiger partial charge in [-0.25, -0.2) is 24.9 Å². The van der Waals surface area contributed by atoms with E-state index < -0.39 is 0 Å². The van der Waals surface area contributed by atoms with Crippen molar-refractivity contribution < 1.29 is 0 Å². The Balaban J connectivity index is 1.17. The molecule has 0 saturated heterocycles. The maximum atomic E-state index is 5.37. The first-order chi connectivity index (χ1) is 30.2. The number of anilines is 3. The summed E-state index contributed by atoms with van der Waals surface area (Å²) < 4.78 is 0. The highest BCUT2D eigenvalue weighted by Gasteiger charge is 2.18. The topological polar surface area (TPSA) is 67.7 Å². The predicted molar refractivity (Wildman–Crippen MR) is 248 cm³/mol. The minimum absolute atomic E-state index is 0.622. The molecule has 0 aliphatic heterocycles. The number of pyridine rings is 1. The molecule has 7 aromatic carbocycles. The quantitative estimate of drug-likeness (QED) is 0.138. The Morgan fingerprint density at radius 2 is 0.525 bits per heavy atom. The molecule has 0 aliphatic carbocycles. The molecule has 0 saturated carbocycles. The molecule has 0 spiro atoms. The number of aromatic nitrogens is 5. The van der Waals surface area contributed by atoms with E-state index in [-0.39, 0.29) is 0 Å². The van der Waals surface area contributed by atoms with E-state index in [1.165, 1.54) is 0 Å². The molecule has 0 amide bonds.